The molecule has 3 rings (SSSR count). The number of ether oxygens (including phenoxy) is 1. The van der Waals surface area contributed by atoms with Crippen LogP contribution >= 0.6 is 0 Å². The molecule has 204 valence electrons. The van der Waals surface area contributed by atoms with E-state index >= 15 is 0 Å². The highest BCUT2D eigenvalue weighted by Crippen LogP contribution is 2.35. The predicted octanol–water partition coefficient (Wildman–Crippen LogP) is 4.19. The maximum atomic E-state index is 13.5. The number of carbonyl (C=O) groups is 2. The molecule has 1 aromatic heterocycles. The third kappa shape index (κ3) is 8.71. The van der Waals surface area contributed by atoms with Crippen LogP contribution in [0.2, 0.25) is 0 Å². The van der Waals surface area contributed by atoms with Gasteiger partial charge in [-0.3, -0.25) is 14.9 Å². The molecule has 1 saturated heterocycles. The number of aromatic nitrogens is 3. The molecule has 2 amide bonds. The number of piperidine rings is 1. The summed E-state index contributed by atoms with van der Waals surface area (Å²) in [4.78, 5) is 23.6. The molecule has 0 spiro atoms. The lowest BCUT2D eigenvalue weighted by Gasteiger charge is -2.32. The van der Waals surface area contributed by atoms with Crippen LogP contribution in [0.25, 0.3) is 0 Å². The molecule has 0 aromatic carbocycles. The summed E-state index contributed by atoms with van der Waals surface area (Å²) < 4.78 is 21.2. The van der Waals surface area contributed by atoms with Gasteiger partial charge in [-0.1, -0.05) is 37.8 Å². The van der Waals surface area contributed by atoms with Gasteiger partial charge in [0.2, 0.25) is 11.8 Å². The van der Waals surface area contributed by atoms with Gasteiger partial charge in [0.25, 0.3) is 0 Å². The second-order valence-electron chi connectivity index (χ2n) is 10.8. The van der Waals surface area contributed by atoms with Crippen LogP contribution in [0.5, 0.6) is 0 Å². The van der Waals surface area contributed by atoms with E-state index in [4.69, 9.17) is 4.74 Å². The summed E-state index contributed by atoms with van der Waals surface area (Å²) >= 11 is 0. The van der Waals surface area contributed by atoms with Gasteiger partial charge in [0.1, 0.15) is 5.83 Å². The van der Waals surface area contributed by atoms with Gasteiger partial charge in [-0.15, -0.1) is 5.10 Å². The summed E-state index contributed by atoms with van der Waals surface area (Å²) in [6.07, 6.45) is 13.8. The fraction of sp³-hybridized carbons (Fsp3) is 0.643. The van der Waals surface area contributed by atoms with Gasteiger partial charge in [-0.25, -0.2) is 9.07 Å². The highest BCUT2D eigenvalue weighted by Gasteiger charge is 2.37. The fourth-order valence-corrected chi connectivity index (χ4v) is 4.48. The maximum absolute atomic E-state index is 13.5. The molecule has 2 heterocycles. The van der Waals surface area contributed by atoms with E-state index in [9.17, 15) is 14.0 Å². The Balaban J connectivity index is 1.56. The molecule has 0 radical (unpaired) electrons. The van der Waals surface area contributed by atoms with Crippen molar-refractivity contribution < 1.29 is 18.7 Å². The summed E-state index contributed by atoms with van der Waals surface area (Å²) in [7, 11) is 0. The first-order valence-corrected chi connectivity index (χ1v) is 13.4. The number of carbonyl (C=O) groups excluding carboxylic acids is 2. The van der Waals surface area contributed by atoms with Crippen LogP contribution in [0.15, 0.2) is 42.4 Å². The van der Waals surface area contributed by atoms with Gasteiger partial charge in [0.05, 0.1) is 30.6 Å². The maximum Gasteiger partial charge on any atom is 0.246 e. The molecule has 1 aliphatic heterocycles. The minimum absolute atomic E-state index is 0.210. The van der Waals surface area contributed by atoms with Crippen molar-refractivity contribution in [1.82, 2.24) is 25.6 Å². The Bertz CT molecular complexity index is 1020. The largest absolute Gasteiger partial charge is 0.377 e. The van der Waals surface area contributed by atoms with Gasteiger partial charge in [-0.05, 0) is 76.0 Å². The van der Waals surface area contributed by atoms with Gasteiger partial charge in [0.15, 0.2) is 0 Å². The van der Waals surface area contributed by atoms with Gasteiger partial charge in [-0.2, -0.15) is 0 Å². The number of allylic oxidation sites excluding steroid dienone is 4. The number of amides is 2. The number of halogens is 1. The topological polar surface area (TPSA) is 98.1 Å². The van der Waals surface area contributed by atoms with Crippen LogP contribution in [0.1, 0.15) is 71.4 Å². The second kappa shape index (κ2) is 13.2. The molecular weight excluding hydrogens is 473 g/mol. The number of unbranched alkanes of at least 4 members (excludes halogenated alkanes) is 1. The van der Waals surface area contributed by atoms with E-state index in [0.29, 0.717) is 38.5 Å². The van der Waals surface area contributed by atoms with E-state index in [0.717, 1.165) is 43.6 Å². The Morgan fingerprint density at radius 2 is 2.16 bits per heavy atom. The van der Waals surface area contributed by atoms with Crippen molar-refractivity contribution in [3.63, 3.8) is 0 Å². The van der Waals surface area contributed by atoms with E-state index in [2.05, 4.69) is 41.4 Å². The molecule has 2 unspecified atom stereocenters. The van der Waals surface area contributed by atoms with Crippen molar-refractivity contribution >= 4 is 11.8 Å². The van der Waals surface area contributed by atoms with Crippen molar-refractivity contribution in [3.8, 4) is 0 Å². The quantitative estimate of drug-likeness (QED) is 0.195. The van der Waals surface area contributed by atoms with Gasteiger partial charge >= 0.3 is 0 Å². The molecule has 0 bridgehead atoms. The zero-order valence-electron chi connectivity index (χ0n) is 22.5. The Morgan fingerprint density at radius 1 is 1.38 bits per heavy atom. The molecule has 2 atom stereocenters. The first kappa shape index (κ1) is 28.9. The van der Waals surface area contributed by atoms with Crippen LogP contribution in [0.4, 0.5) is 4.39 Å². The Morgan fingerprint density at radius 3 is 2.84 bits per heavy atom. The van der Waals surface area contributed by atoms with Crippen LogP contribution < -0.4 is 10.6 Å². The molecule has 1 aliphatic carbocycles. The van der Waals surface area contributed by atoms with Crippen molar-refractivity contribution in [1.29, 1.82) is 0 Å². The monoisotopic (exact) mass is 515 g/mol. The van der Waals surface area contributed by atoms with Crippen molar-refractivity contribution in [2.45, 2.75) is 84.2 Å². The SMILES string of the molecule is C=C(F)C=CC(=CCOCC1CC1)C(C)(CC)Cn1nncc1CCCCNC1(C)CCC(=O)NC1=O. The van der Waals surface area contributed by atoms with E-state index in [-0.39, 0.29) is 17.2 Å². The molecule has 2 aliphatic rings. The zero-order chi connectivity index (χ0) is 26.9. The standard InChI is InChI=1S/C28H42FN5O3/c1-5-27(3,23(12-9-21(2)29)14-17-37-19-22-10-11-22)20-34-24(18-31-33-34)8-6-7-16-30-28(4)15-13-25(35)32-26(28)36/h9,12,14,18,22,30H,2,5-8,10-11,13,15-17,19-20H2,1,3-4H3,(H,32,35,36). The summed E-state index contributed by atoms with van der Waals surface area (Å²) in [6, 6.07) is 0. The summed E-state index contributed by atoms with van der Waals surface area (Å²) in [5.74, 6) is -0.255. The minimum atomic E-state index is -0.705. The highest BCUT2D eigenvalue weighted by molar-refractivity contribution is 6.02. The Hall–Kier alpha value is -2.65. The van der Waals surface area contributed by atoms with E-state index < -0.39 is 11.4 Å². The van der Waals surface area contributed by atoms with Crippen LogP contribution in [-0.4, -0.2) is 52.1 Å². The van der Waals surface area contributed by atoms with Crippen molar-refractivity contribution in [3.05, 3.63) is 48.1 Å². The third-order valence-electron chi connectivity index (χ3n) is 7.57. The molecule has 2 fully saturated rings. The molecule has 1 saturated carbocycles. The fourth-order valence-electron chi connectivity index (χ4n) is 4.48. The normalized spacial score (nSPS) is 22.3. The molecule has 2 N–H and O–H groups in total. The second-order valence-corrected chi connectivity index (χ2v) is 10.8. The van der Waals surface area contributed by atoms with E-state index in [1.54, 1.807) is 12.3 Å². The lowest BCUT2D eigenvalue weighted by molar-refractivity contribution is -0.138. The number of imide groups is 1. The summed E-state index contributed by atoms with van der Waals surface area (Å²) in [6.45, 7) is 12.0. The summed E-state index contributed by atoms with van der Waals surface area (Å²) in [5.41, 5.74) is 1.03. The Labute approximate surface area is 219 Å². The number of aryl methyl sites for hydroxylation is 1. The number of hydrogen-bond acceptors (Lipinski definition) is 6. The third-order valence-corrected chi connectivity index (χ3v) is 7.57. The minimum Gasteiger partial charge on any atom is -0.377 e. The number of nitrogens with one attached hydrogen (secondary N) is 2. The lowest BCUT2D eigenvalue weighted by Crippen LogP contribution is -2.59. The average molecular weight is 516 g/mol. The van der Waals surface area contributed by atoms with Gasteiger partial charge < -0.3 is 10.1 Å². The van der Waals surface area contributed by atoms with Crippen molar-refractivity contribution in [2.75, 3.05) is 19.8 Å². The average Bonchev–Trinajstić information content (AvgIpc) is 3.59. The van der Waals surface area contributed by atoms with Crippen LogP contribution in [-0.2, 0) is 27.3 Å². The van der Waals surface area contributed by atoms with Crippen molar-refractivity contribution in [2.24, 2.45) is 11.3 Å². The van der Waals surface area contributed by atoms with Crippen LogP contribution in [0, 0.1) is 11.3 Å². The smallest absolute Gasteiger partial charge is 0.246 e. The molecule has 1 aromatic rings. The lowest BCUT2D eigenvalue weighted by atomic mass is 9.78. The van der Waals surface area contributed by atoms with E-state index in [1.807, 2.05) is 17.7 Å². The number of hydrogen-bond donors (Lipinski definition) is 2. The highest BCUT2D eigenvalue weighted by atomic mass is 19.1. The summed E-state index contributed by atoms with van der Waals surface area (Å²) in [5, 5.41) is 14.2. The van der Waals surface area contributed by atoms with Gasteiger partial charge in [0, 0.05) is 18.4 Å². The molecule has 9 heteroatoms. The number of nitrogens with zero attached hydrogens (tertiary/aromatic N) is 3. The number of rotatable bonds is 16. The first-order chi connectivity index (χ1) is 17.6. The van der Waals surface area contributed by atoms with Crippen LogP contribution in [0.3, 0.4) is 0 Å². The Kier molecular flexibility index (Phi) is 10.3. The van der Waals surface area contributed by atoms with E-state index in [1.165, 1.54) is 18.9 Å². The zero-order valence-corrected chi connectivity index (χ0v) is 22.5. The molecule has 8 nitrogen and oxygen atoms in total. The molecular formula is C28H42FN5O3. The first-order valence-electron chi connectivity index (χ1n) is 13.4. The predicted molar refractivity (Wildman–Crippen MR) is 141 cm³/mol. The molecule has 37 heavy (non-hydrogen) atoms.